The molecule has 8 bridgehead atoms. The molecule has 522 valence electrons. The molecule has 22 nitrogen and oxygen atoms in total. The lowest BCUT2D eigenvalue weighted by molar-refractivity contribution is -0.139. The highest BCUT2D eigenvalue weighted by Gasteiger charge is 2.93. The van der Waals surface area contributed by atoms with Gasteiger partial charge in [0.2, 0.25) is 0 Å². The van der Waals surface area contributed by atoms with E-state index < -0.39 is 145 Å². The number of carbonyl (C=O) groups excluding carboxylic acids is 1. The third-order valence-electron chi connectivity index (χ3n) is 20.8. The Morgan fingerprint density at radius 2 is 0.438 bits per heavy atom. The number of ether oxygens (including phenoxy) is 1. The van der Waals surface area contributed by atoms with E-state index >= 15 is 0 Å². The van der Waals surface area contributed by atoms with Crippen LogP contribution in [0.3, 0.4) is 0 Å². The average molecular weight is 1540 g/mol. The van der Waals surface area contributed by atoms with Gasteiger partial charge in [-0.3, -0.25) is 0 Å². The minimum atomic E-state index is -5.42. The minimum absolute atomic E-state index is 0.0969. The second-order valence-electron chi connectivity index (χ2n) is 25.5. The SMILES string of the molecule is C=C(C)C(=O)OCCC[Si](C)(C)O[Si]12O[Si]3(O[Si](CC)(CC)CC)O[Si]4(O[Si](CC)(CC)CC)O[Si](O[Si](CC)(CC)CC)(O1)O[Si]1(O[Si](CC)(CC)CC)O[Si](O[Si](CC)(CC)CC)(O2)O[Si](O[Si](CC)(CC)CC)(O3)O[Si](O[Si](CC)(CC)CC)(O4)O1. The van der Waals surface area contributed by atoms with Crippen LogP contribution in [0.1, 0.15) is 159 Å². The van der Waals surface area contributed by atoms with Gasteiger partial charge in [-0.25, -0.2) is 4.79 Å². The van der Waals surface area contributed by atoms with Crippen molar-refractivity contribution in [1.82, 2.24) is 0 Å². The molecule has 0 spiro atoms. The summed E-state index contributed by atoms with van der Waals surface area (Å²) in [6.45, 7) is 54.5. The zero-order valence-electron chi connectivity index (χ0n) is 59.7. The van der Waals surface area contributed by atoms with Gasteiger partial charge >= 0.3 is 78.4 Å². The Labute approximate surface area is 556 Å². The van der Waals surface area contributed by atoms with Crippen LogP contribution in [-0.4, -0.2) is 151 Å². The highest BCUT2D eigenvalue weighted by Crippen LogP contribution is 2.56. The Morgan fingerprint density at radius 3 is 0.573 bits per heavy atom. The van der Waals surface area contributed by atoms with Crippen LogP contribution in [0.2, 0.25) is 146 Å². The summed E-state index contributed by atoms with van der Waals surface area (Å²) >= 11 is 0. The van der Waals surface area contributed by atoms with Crippen LogP contribution >= 0.6 is 0 Å². The topological polar surface area (TPSA) is 211 Å². The number of esters is 1. The van der Waals surface area contributed by atoms with Crippen molar-refractivity contribution in [3.63, 3.8) is 0 Å². The van der Waals surface area contributed by atoms with Crippen molar-refractivity contribution in [2.75, 3.05) is 6.61 Å². The molecular weight excluding hydrogens is 1410 g/mol. The molecule has 0 amide bonds. The summed E-state index contributed by atoms with van der Waals surface area (Å²) < 4.78 is 169. The van der Waals surface area contributed by atoms with Crippen LogP contribution in [-0.2, 0) is 91.8 Å². The van der Waals surface area contributed by atoms with Crippen LogP contribution in [0, 0.1) is 0 Å². The van der Waals surface area contributed by atoms with Gasteiger partial charge in [-0.1, -0.05) is 152 Å². The lowest BCUT2D eigenvalue weighted by Crippen LogP contribution is -2.93. The molecule has 6 saturated heterocycles. The Bertz CT molecular complexity index is 2010. The molecule has 89 heavy (non-hydrogen) atoms. The standard InChI is InChI=1S/C51H122O22Si16/c1-26-75(27-2,28-3)55-83-62-82(54-74(24,25)49-47-48-53-51(52)50(22)23)63-84(56-76(29-4,30-5)31-6)67-86(65-83,58-78(35-10,36-11)37-12)71-89(61-81(44-19,45-20)46-21)72-87(66-83,59-79(38-13,39-14)40-15)68-85(64-82,57-77(32-7,33-8)34-9)70-88(69-84,73-89)60-80(41-16,42-17)43-18/h22,26-49H2,1-21,23-25H3. The van der Waals surface area contributed by atoms with E-state index in [1.54, 1.807) is 6.92 Å². The summed E-state index contributed by atoms with van der Waals surface area (Å²) in [5.41, 5.74) is 0.303. The number of rotatable bonds is 42. The van der Waals surface area contributed by atoms with Gasteiger partial charge in [-0.05, 0) is 159 Å². The zero-order valence-corrected chi connectivity index (χ0v) is 75.7. The first-order valence-electron chi connectivity index (χ1n) is 34.6. The molecule has 0 radical (unpaired) electrons. The van der Waals surface area contributed by atoms with Gasteiger partial charge in [0.1, 0.15) is 0 Å². The molecule has 0 unspecified atom stereocenters. The first-order valence-corrected chi connectivity index (χ1v) is 68.5. The minimum Gasteiger partial charge on any atom is -0.462 e. The molecule has 6 aliphatic heterocycles. The van der Waals surface area contributed by atoms with Crippen LogP contribution in [0.25, 0.3) is 0 Å². The maximum Gasteiger partial charge on any atom is 0.651 e. The van der Waals surface area contributed by atoms with Gasteiger partial charge in [0, 0.05) is 5.57 Å². The van der Waals surface area contributed by atoms with Crippen molar-refractivity contribution < 1.29 is 91.8 Å². The highest BCUT2D eigenvalue weighted by molar-refractivity contribution is 7.05. The van der Waals surface area contributed by atoms with Crippen LogP contribution in [0.15, 0.2) is 12.2 Å². The normalized spacial score (nSPS) is 30.5. The van der Waals surface area contributed by atoms with Crippen molar-refractivity contribution >= 4 is 145 Å². The smallest absolute Gasteiger partial charge is 0.462 e. The maximum absolute atomic E-state index is 12.9. The lowest BCUT2D eigenvalue weighted by atomic mass is 10.4. The van der Waals surface area contributed by atoms with E-state index in [0.717, 1.165) is 0 Å². The Kier molecular flexibility index (Phi) is 29.4. The molecule has 6 aliphatic rings. The quantitative estimate of drug-likeness (QED) is 0.0241. The fraction of sp³-hybridized carbons (Fsp3) is 0.941. The van der Waals surface area contributed by atoms with Gasteiger partial charge in [0.15, 0.2) is 66.5 Å². The molecule has 38 heteroatoms. The first kappa shape index (κ1) is 81.6. The predicted molar refractivity (Wildman–Crippen MR) is 381 cm³/mol. The molecule has 0 saturated carbocycles. The maximum atomic E-state index is 12.9. The van der Waals surface area contributed by atoms with Gasteiger partial charge < -0.3 is 87.0 Å². The summed E-state index contributed by atoms with van der Waals surface area (Å²) in [4.78, 5) is 12.9. The monoisotopic (exact) mass is 1530 g/mol. The molecule has 6 rings (SSSR count). The Balaban J connectivity index is 2.27. The average Bonchev–Trinajstić information content (AvgIpc) is 0.685. The fourth-order valence-electron chi connectivity index (χ4n) is 12.6. The van der Waals surface area contributed by atoms with Crippen molar-refractivity contribution in [2.45, 2.75) is 305 Å². The number of carbonyl (C=O) groups is 1. The summed E-state index contributed by atoms with van der Waals surface area (Å²) in [6.07, 6.45) is 0.407. The van der Waals surface area contributed by atoms with E-state index in [0.29, 0.717) is 145 Å². The van der Waals surface area contributed by atoms with E-state index in [1.165, 1.54) is 0 Å². The molecule has 6 fully saturated rings. The molecular formula is C51H122O22Si16. The van der Waals surface area contributed by atoms with Crippen molar-refractivity contribution in [1.29, 1.82) is 0 Å². The van der Waals surface area contributed by atoms with E-state index in [1.807, 2.05) is 13.1 Å². The Hall–Kier alpha value is 1.88. The van der Waals surface area contributed by atoms with Gasteiger partial charge in [-0.2, -0.15) is 0 Å². The van der Waals surface area contributed by atoms with Gasteiger partial charge in [0.25, 0.3) is 0 Å². The zero-order chi connectivity index (χ0) is 67.0. The summed E-state index contributed by atoms with van der Waals surface area (Å²) in [5, 5.41) is 0. The third-order valence-corrected chi connectivity index (χ3v) is 95.8. The molecule has 0 aliphatic carbocycles. The van der Waals surface area contributed by atoms with Crippen molar-refractivity contribution in [3.05, 3.63) is 12.2 Å². The Morgan fingerprint density at radius 1 is 0.292 bits per heavy atom. The molecule has 0 atom stereocenters. The molecule has 0 aromatic rings. The summed E-state index contributed by atoms with van der Waals surface area (Å²) in [5.74, 6) is -0.480. The van der Waals surface area contributed by atoms with E-state index in [-0.39, 0.29) is 6.61 Å². The number of hydrogen-bond acceptors (Lipinski definition) is 22. The third kappa shape index (κ3) is 17.9. The fourth-order valence-corrected chi connectivity index (χ4v) is 94.9. The van der Waals surface area contributed by atoms with Crippen molar-refractivity contribution in [2.24, 2.45) is 0 Å². The second kappa shape index (κ2) is 32.0. The lowest BCUT2D eigenvalue weighted by Gasteiger charge is -2.62. The van der Waals surface area contributed by atoms with Gasteiger partial charge in [0.05, 0.1) is 6.61 Å². The molecule has 0 N–H and O–H groups in total. The molecule has 6 heterocycles. The largest absolute Gasteiger partial charge is 0.651 e. The van der Waals surface area contributed by atoms with Gasteiger partial charge in [-0.15, -0.1) is 0 Å². The van der Waals surface area contributed by atoms with E-state index in [4.69, 9.17) is 87.0 Å². The van der Waals surface area contributed by atoms with E-state index in [9.17, 15) is 4.79 Å². The molecule has 0 aromatic heterocycles. The summed E-state index contributed by atoms with van der Waals surface area (Å²) in [6, 6.07) is 13.5. The van der Waals surface area contributed by atoms with E-state index in [2.05, 4.69) is 152 Å². The molecule has 0 aromatic carbocycles. The summed E-state index contributed by atoms with van der Waals surface area (Å²) in [7, 11) is -67.9. The number of hydrogen-bond donors (Lipinski definition) is 0. The van der Waals surface area contributed by atoms with Crippen LogP contribution in [0.4, 0.5) is 0 Å². The predicted octanol–water partition coefficient (Wildman–Crippen LogP) is 15.6. The van der Waals surface area contributed by atoms with Crippen molar-refractivity contribution in [3.8, 4) is 0 Å². The van der Waals surface area contributed by atoms with Crippen LogP contribution in [0.5, 0.6) is 0 Å². The second-order valence-corrected chi connectivity index (χ2v) is 85.3. The highest BCUT2D eigenvalue weighted by atomic mass is 28.7. The first-order chi connectivity index (χ1) is 41.7. The van der Waals surface area contributed by atoms with Crippen LogP contribution < -0.4 is 0 Å².